The first kappa shape index (κ1) is 18.0. The molecule has 0 aromatic carbocycles. The smallest absolute Gasteiger partial charge is 0.220 e. The van der Waals surface area contributed by atoms with Crippen LogP contribution in [0.3, 0.4) is 0 Å². The number of aromatic nitrogens is 6. The van der Waals surface area contributed by atoms with Crippen molar-refractivity contribution in [3.63, 3.8) is 0 Å². The molecule has 4 heterocycles. The van der Waals surface area contributed by atoms with E-state index in [-0.39, 0.29) is 0 Å². The van der Waals surface area contributed by atoms with Gasteiger partial charge in [-0.25, -0.2) is 19.9 Å². The molecule has 1 aliphatic rings. The Kier molecular flexibility index (Phi) is 5.11. The fourth-order valence-electron chi connectivity index (χ4n) is 3.33. The Bertz CT molecular complexity index is 937. The SMILES string of the molecule is CSc1ncc(C)c(OCC2CCN(c3ncnc4c3ncn4C)CC2)n1. The van der Waals surface area contributed by atoms with Crippen molar-refractivity contribution in [3.05, 3.63) is 24.4 Å². The van der Waals surface area contributed by atoms with Crippen molar-refractivity contribution >= 4 is 28.7 Å². The van der Waals surface area contributed by atoms with Crippen LogP contribution in [-0.4, -0.2) is 55.4 Å². The van der Waals surface area contributed by atoms with E-state index in [9.17, 15) is 0 Å². The van der Waals surface area contributed by atoms with Gasteiger partial charge in [0, 0.05) is 31.9 Å². The van der Waals surface area contributed by atoms with Crippen LogP contribution in [0.2, 0.25) is 0 Å². The highest BCUT2D eigenvalue weighted by Crippen LogP contribution is 2.27. The van der Waals surface area contributed by atoms with Gasteiger partial charge in [-0.1, -0.05) is 11.8 Å². The quantitative estimate of drug-likeness (QED) is 0.489. The third-order valence-corrected chi connectivity index (χ3v) is 5.50. The molecule has 4 rings (SSSR count). The number of fused-ring (bicyclic) bond motifs is 1. The predicted octanol–water partition coefficient (Wildman–Crippen LogP) is 2.48. The first-order valence-corrected chi connectivity index (χ1v) is 10.3. The van der Waals surface area contributed by atoms with E-state index in [0.29, 0.717) is 18.4 Å². The van der Waals surface area contributed by atoms with Crippen molar-refractivity contribution in [1.29, 1.82) is 0 Å². The van der Waals surface area contributed by atoms with Crippen LogP contribution in [0.15, 0.2) is 24.0 Å². The van der Waals surface area contributed by atoms with Crippen LogP contribution in [0, 0.1) is 12.8 Å². The van der Waals surface area contributed by atoms with E-state index in [0.717, 1.165) is 53.6 Å². The minimum absolute atomic E-state index is 0.509. The van der Waals surface area contributed by atoms with Gasteiger partial charge in [-0.05, 0) is 31.9 Å². The molecule has 0 atom stereocenters. The Morgan fingerprint density at radius 1 is 1.19 bits per heavy atom. The van der Waals surface area contributed by atoms with E-state index in [2.05, 4.69) is 29.8 Å². The zero-order chi connectivity index (χ0) is 18.8. The number of rotatable bonds is 5. The average Bonchev–Trinajstić information content (AvgIpc) is 3.09. The van der Waals surface area contributed by atoms with Crippen molar-refractivity contribution in [3.8, 4) is 5.88 Å². The maximum absolute atomic E-state index is 6.01. The number of aryl methyl sites for hydroxylation is 2. The summed E-state index contributed by atoms with van der Waals surface area (Å²) < 4.78 is 7.93. The molecule has 0 saturated carbocycles. The van der Waals surface area contributed by atoms with Crippen LogP contribution < -0.4 is 9.64 Å². The van der Waals surface area contributed by atoms with Crippen LogP contribution >= 0.6 is 11.8 Å². The lowest BCUT2D eigenvalue weighted by Crippen LogP contribution is -2.36. The second kappa shape index (κ2) is 7.67. The number of nitrogens with zero attached hydrogens (tertiary/aromatic N) is 7. The number of ether oxygens (including phenoxy) is 1. The molecule has 1 aliphatic heterocycles. The molecule has 9 heteroatoms. The van der Waals surface area contributed by atoms with Crippen LogP contribution in [0.4, 0.5) is 5.82 Å². The van der Waals surface area contributed by atoms with Gasteiger partial charge in [0.05, 0.1) is 12.9 Å². The third kappa shape index (κ3) is 3.69. The minimum Gasteiger partial charge on any atom is -0.477 e. The maximum atomic E-state index is 6.01. The van der Waals surface area contributed by atoms with Crippen molar-refractivity contribution in [2.75, 3.05) is 30.9 Å². The van der Waals surface area contributed by atoms with E-state index >= 15 is 0 Å². The van der Waals surface area contributed by atoms with Gasteiger partial charge in [0.25, 0.3) is 0 Å². The molecule has 0 unspecified atom stereocenters. The lowest BCUT2D eigenvalue weighted by atomic mass is 9.98. The third-order valence-electron chi connectivity index (χ3n) is 4.93. The summed E-state index contributed by atoms with van der Waals surface area (Å²) in [4.78, 5) is 24.3. The molecule has 3 aromatic rings. The largest absolute Gasteiger partial charge is 0.477 e. The van der Waals surface area contributed by atoms with E-state index in [1.165, 1.54) is 11.8 Å². The first-order chi connectivity index (χ1) is 13.2. The summed E-state index contributed by atoms with van der Waals surface area (Å²) >= 11 is 1.53. The van der Waals surface area contributed by atoms with E-state index in [1.54, 1.807) is 12.7 Å². The van der Waals surface area contributed by atoms with Gasteiger partial charge < -0.3 is 14.2 Å². The maximum Gasteiger partial charge on any atom is 0.220 e. The molecule has 8 nitrogen and oxygen atoms in total. The van der Waals surface area contributed by atoms with Crippen LogP contribution in [0.5, 0.6) is 5.88 Å². The highest BCUT2D eigenvalue weighted by molar-refractivity contribution is 7.98. The van der Waals surface area contributed by atoms with Crippen molar-refractivity contribution < 1.29 is 4.74 Å². The monoisotopic (exact) mass is 385 g/mol. The highest BCUT2D eigenvalue weighted by atomic mass is 32.2. The van der Waals surface area contributed by atoms with Crippen LogP contribution in [0.25, 0.3) is 11.2 Å². The average molecular weight is 385 g/mol. The summed E-state index contributed by atoms with van der Waals surface area (Å²) in [6.45, 7) is 4.54. The predicted molar refractivity (Wildman–Crippen MR) is 105 cm³/mol. The Labute approximate surface area is 162 Å². The Balaban J connectivity index is 1.38. The van der Waals surface area contributed by atoms with Gasteiger partial charge in [-0.2, -0.15) is 4.98 Å². The molecule has 0 bridgehead atoms. The van der Waals surface area contributed by atoms with Gasteiger partial charge in [-0.15, -0.1) is 0 Å². The number of hydrogen-bond donors (Lipinski definition) is 0. The van der Waals surface area contributed by atoms with Gasteiger partial charge in [0.1, 0.15) is 6.33 Å². The summed E-state index contributed by atoms with van der Waals surface area (Å²) in [7, 11) is 1.95. The summed E-state index contributed by atoms with van der Waals surface area (Å²) in [5.41, 5.74) is 2.72. The molecule has 0 amide bonds. The van der Waals surface area contributed by atoms with Gasteiger partial charge in [0.15, 0.2) is 22.1 Å². The molecule has 27 heavy (non-hydrogen) atoms. The van der Waals surface area contributed by atoms with Crippen LogP contribution in [-0.2, 0) is 7.05 Å². The topological polar surface area (TPSA) is 81.9 Å². The molecule has 1 saturated heterocycles. The molecule has 0 N–H and O–H groups in total. The fraction of sp³-hybridized carbons (Fsp3) is 0.500. The van der Waals surface area contributed by atoms with Crippen LogP contribution in [0.1, 0.15) is 18.4 Å². The van der Waals surface area contributed by atoms with Crippen molar-refractivity contribution in [2.45, 2.75) is 24.9 Å². The second-order valence-corrected chi connectivity index (χ2v) is 7.58. The number of imidazole rings is 1. The summed E-state index contributed by atoms with van der Waals surface area (Å²) in [5.74, 6) is 2.13. The van der Waals surface area contributed by atoms with Gasteiger partial charge in [0.2, 0.25) is 5.88 Å². The van der Waals surface area contributed by atoms with Gasteiger partial charge >= 0.3 is 0 Å². The minimum atomic E-state index is 0.509. The molecule has 0 aliphatic carbocycles. The highest BCUT2D eigenvalue weighted by Gasteiger charge is 2.23. The summed E-state index contributed by atoms with van der Waals surface area (Å²) in [6, 6.07) is 0. The number of thioether (sulfide) groups is 1. The Hall–Kier alpha value is -2.42. The first-order valence-electron chi connectivity index (χ1n) is 9.03. The summed E-state index contributed by atoms with van der Waals surface area (Å²) in [5, 5.41) is 0.744. The lowest BCUT2D eigenvalue weighted by Gasteiger charge is -2.32. The van der Waals surface area contributed by atoms with Crippen molar-refractivity contribution in [2.24, 2.45) is 13.0 Å². The zero-order valence-corrected chi connectivity index (χ0v) is 16.6. The molecular weight excluding hydrogens is 362 g/mol. The van der Waals surface area contributed by atoms with E-state index < -0.39 is 0 Å². The molecule has 3 aromatic heterocycles. The molecule has 0 spiro atoms. The molecule has 142 valence electrons. The number of piperidine rings is 1. The second-order valence-electron chi connectivity index (χ2n) is 6.81. The lowest BCUT2D eigenvalue weighted by molar-refractivity contribution is 0.213. The van der Waals surface area contributed by atoms with Gasteiger partial charge in [-0.3, -0.25) is 0 Å². The molecule has 0 radical (unpaired) electrons. The fourth-order valence-corrected chi connectivity index (χ4v) is 3.66. The Morgan fingerprint density at radius 2 is 2.00 bits per heavy atom. The molecule has 1 fully saturated rings. The van der Waals surface area contributed by atoms with E-state index in [4.69, 9.17) is 4.74 Å². The van der Waals surface area contributed by atoms with E-state index in [1.807, 2.05) is 31.0 Å². The Morgan fingerprint density at radius 3 is 2.78 bits per heavy atom. The normalized spacial score (nSPS) is 15.4. The standard InChI is InChI=1S/C18H23N7OS/c1-12-8-19-18(27-3)23-17(12)26-9-13-4-6-25(7-5-13)16-14-15(20-10-21-16)24(2)11-22-14/h8,10-11,13H,4-7,9H2,1-3H3. The number of hydrogen-bond acceptors (Lipinski definition) is 8. The zero-order valence-electron chi connectivity index (χ0n) is 15.8. The summed E-state index contributed by atoms with van der Waals surface area (Å²) in [6.07, 6.45) is 9.31. The van der Waals surface area contributed by atoms with Crippen molar-refractivity contribution in [1.82, 2.24) is 29.5 Å². The number of anilines is 1. The molecular formula is C18H23N7OS.